The first-order chi connectivity index (χ1) is 14.1. The van der Waals surface area contributed by atoms with Gasteiger partial charge in [0.25, 0.3) is 0 Å². The summed E-state index contributed by atoms with van der Waals surface area (Å²) in [6, 6.07) is 11.1. The van der Waals surface area contributed by atoms with Crippen LogP contribution in [0.4, 0.5) is 5.82 Å². The molecular formula is C19H21N7O3. The third-order valence-corrected chi connectivity index (χ3v) is 4.86. The Hall–Kier alpha value is -3.56. The van der Waals surface area contributed by atoms with Crippen LogP contribution in [0.2, 0.25) is 0 Å². The monoisotopic (exact) mass is 395 g/mol. The lowest BCUT2D eigenvalue weighted by molar-refractivity contribution is -0.135. The highest BCUT2D eigenvalue weighted by atomic mass is 16.5. The minimum Gasteiger partial charge on any atom is -0.360 e. The van der Waals surface area contributed by atoms with Gasteiger partial charge >= 0.3 is 0 Å². The Labute approximate surface area is 166 Å². The van der Waals surface area contributed by atoms with Gasteiger partial charge in [-0.2, -0.15) is 4.80 Å². The fraction of sp³-hybridized carbons (Fsp3) is 0.368. The second-order valence-corrected chi connectivity index (χ2v) is 6.98. The van der Waals surface area contributed by atoms with Crippen LogP contribution in [0.1, 0.15) is 18.6 Å². The number of tetrazole rings is 1. The zero-order chi connectivity index (χ0) is 20.2. The van der Waals surface area contributed by atoms with Crippen molar-refractivity contribution in [2.24, 2.45) is 5.92 Å². The number of carbonyl (C=O) groups is 2. The maximum atomic E-state index is 12.6. The highest BCUT2D eigenvalue weighted by molar-refractivity contribution is 5.91. The van der Waals surface area contributed by atoms with Gasteiger partial charge in [0.05, 0.1) is 0 Å². The molecule has 1 aliphatic rings. The number of nitrogens with one attached hydrogen (secondary N) is 1. The van der Waals surface area contributed by atoms with Crippen molar-refractivity contribution in [3.63, 3.8) is 0 Å². The molecule has 2 aromatic heterocycles. The van der Waals surface area contributed by atoms with Crippen LogP contribution in [-0.2, 0) is 16.1 Å². The smallest absolute Gasteiger partial charge is 0.246 e. The third-order valence-electron chi connectivity index (χ3n) is 4.86. The van der Waals surface area contributed by atoms with Crippen molar-refractivity contribution in [3.05, 3.63) is 42.2 Å². The highest BCUT2D eigenvalue weighted by Crippen LogP contribution is 2.20. The summed E-state index contributed by atoms with van der Waals surface area (Å²) in [5.74, 6) is 1.18. The number of nitrogens with zero attached hydrogens (tertiary/aromatic N) is 6. The Bertz CT molecular complexity index is 990. The molecule has 0 spiro atoms. The molecule has 0 unspecified atom stereocenters. The lowest BCUT2D eigenvalue weighted by atomic mass is 9.96. The van der Waals surface area contributed by atoms with Gasteiger partial charge in [0.15, 0.2) is 5.82 Å². The molecule has 3 heterocycles. The standard InChI is InChI=1S/C19H21N7O3/c1-13-11-16(23-29-13)20-19(28)15-7-9-25(10-8-15)17(27)12-26-22-18(21-24-26)14-5-3-2-4-6-14/h2-6,11,15H,7-10,12H2,1H3,(H,20,23,28). The molecule has 4 rings (SSSR count). The number of anilines is 1. The number of amides is 2. The average molecular weight is 395 g/mol. The first-order valence-corrected chi connectivity index (χ1v) is 9.43. The second kappa shape index (κ2) is 8.21. The molecule has 3 aromatic rings. The lowest BCUT2D eigenvalue weighted by Crippen LogP contribution is -2.43. The number of rotatable bonds is 5. The van der Waals surface area contributed by atoms with E-state index < -0.39 is 0 Å². The molecule has 10 heteroatoms. The van der Waals surface area contributed by atoms with Crippen LogP contribution >= 0.6 is 0 Å². The molecule has 0 radical (unpaired) electrons. The van der Waals surface area contributed by atoms with Crippen LogP contribution in [0.3, 0.4) is 0 Å². The van der Waals surface area contributed by atoms with Crippen molar-refractivity contribution in [2.75, 3.05) is 18.4 Å². The molecule has 1 saturated heterocycles. The summed E-state index contributed by atoms with van der Waals surface area (Å²) in [4.78, 5) is 27.9. The van der Waals surface area contributed by atoms with Crippen molar-refractivity contribution >= 4 is 17.6 Å². The van der Waals surface area contributed by atoms with E-state index in [0.717, 1.165) is 5.56 Å². The van der Waals surface area contributed by atoms with Crippen LogP contribution in [-0.4, -0.2) is 55.2 Å². The number of hydrogen-bond acceptors (Lipinski definition) is 7. The van der Waals surface area contributed by atoms with Gasteiger partial charge in [-0.25, -0.2) is 0 Å². The normalized spacial score (nSPS) is 14.7. The minimum atomic E-state index is -0.162. The van der Waals surface area contributed by atoms with Gasteiger partial charge in [-0.1, -0.05) is 35.5 Å². The van der Waals surface area contributed by atoms with E-state index in [0.29, 0.717) is 43.3 Å². The van der Waals surface area contributed by atoms with Crippen LogP contribution in [0, 0.1) is 12.8 Å². The van der Waals surface area contributed by atoms with Gasteiger partial charge in [-0.15, -0.1) is 10.2 Å². The van der Waals surface area contributed by atoms with Crippen molar-refractivity contribution in [2.45, 2.75) is 26.3 Å². The fourth-order valence-electron chi connectivity index (χ4n) is 3.28. The zero-order valence-electron chi connectivity index (χ0n) is 16.0. The molecule has 0 saturated carbocycles. The molecule has 1 N–H and O–H groups in total. The van der Waals surface area contributed by atoms with Gasteiger partial charge in [0.2, 0.25) is 17.6 Å². The molecule has 29 heavy (non-hydrogen) atoms. The number of aromatic nitrogens is 5. The molecule has 1 fully saturated rings. The van der Waals surface area contributed by atoms with Crippen molar-refractivity contribution < 1.29 is 14.1 Å². The number of likely N-dealkylation sites (tertiary alicyclic amines) is 1. The second-order valence-electron chi connectivity index (χ2n) is 6.98. The Balaban J connectivity index is 1.28. The maximum Gasteiger partial charge on any atom is 0.246 e. The Morgan fingerprint density at radius 1 is 1.21 bits per heavy atom. The summed E-state index contributed by atoms with van der Waals surface area (Å²) in [6.45, 7) is 2.80. The van der Waals surface area contributed by atoms with E-state index in [1.54, 1.807) is 17.9 Å². The summed E-state index contributed by atoms with van der Waals surface area (Å²) in [5.41, 5.74) is 0.848. The van der Waals surface area contributed by atoms with Gasteiger partial charge < -0.3 is 14.7 Å². The average Bonchev–Trinajstić information content (AvgIpc) is 3.37. The quantitative estimate of drug-likeness (QED) is 0.695. The van der Waals surface area contributed by atoms with E-state index in [2.05, 4.69) is 25.9 Å². The van der Waals surface area contributed by atoms with E-state index >= 15 is 0 Å². The van der Waals surface area contributed by atoms with E-state index in [1.807, 2.05) is 30.3 Å². The first kappa shape index (κ1) is 18.8. The number of carbonyl (C=O) groups excluding carboxylic acids is 2. The molecule has 0 bridgehead atoms. The molecular weight excluding hydrogens is 374 g/mol. The molecule has 1 aliphatic heterocycles. The Morgan fingerprint density at radius 3 is 2.66 bits per heavy atom. The lowest BCUT2D eigenvalue weighted by Gasteiger charge is -2.31. The van der Waals surface area contributed by atoms with E-state index in [-0.39, 0.29) is 24.3 Å². The fourth-order valence-corrected chi connectivity index (χ4v) is 3.28. The van der Waals surface area contributed by atoms with Gasteiger partial charge in [-0.3, -0.25) is 9.59 Å². The summed E-state index contributed by atoms with van der Waals surface area (Å²) in [5, 5.41) is 18.8. The minimum absolute atomic E-state index is 0.0227. The molecule has 1 aromatic carbocycles. The summed E-state index contributed by atoms with van der Waals surface area (Å²) in [6.07, 6.45) is 1.18. The van der Waals surface area contributed by atoms with E-state index in [4.69, 9.17) is 4.52 Å². The topological polar surface area (TPSA) is 119 Å². The van der Waals surface area contributed by atoms with Crippen LogP contribution in [0.25, 0.3) is 11.4 Å². The van der Waals surface area contributed by atoms with Crippen LogP contribution in [0.5, 0.6) is 0 Å². The Kier molecular flexibility index (Phi) is 5.32. The van der Waals surface area contributed by atoms with E-state index in [9.17, 15) is 9.59 Å². The number of benzene rings is 1. The maximum absolute atomic E-state index is 12.6. The molecule has 150 valence electrons. The predicted molar refractivity (Wildman–Crippen MR) is 102 cm³/mol. The van der Waals surface area contributed by atoms with Crippen molar-refractivity contribution in [3.8, 4) is 11.4 Å². The first-order valence-electron chi connectivity index (χ1n) is 9.43. The summed E-state index contributed by atoms with van der Waals surface area (Å²) < 4.78 is 4.95. The SMILES string of the molecule is Cc1cc(NC(=O)C2CCN(C(=O)Cn3nnc(-c4ccccc4)n3)CC2)no1. The van der Waals surface area contributed by atoms with Gasteiger partial charge in [0.1, 0.15) is 12.3 Å². The predicted octanol–water partition coefficient (Wildman–Crippen LogP) is 1.51. The van der Waals surface area contributed by atoms with Gasteiger partial charge in [0, 0.05) is 30.6 Å². The van der Waals surface area contributed by atoms with Crippen molar-refractivity contribution in [1.82, 2.24) is 30.3 Å². The molecule has 0 atom stereocenters. The molecule has 10 nitrogen and oxygen atoms in total. The number of hydrogen-bond donors (Lipinski definition) is 1. The number of piperidine rings is 1. The Morgan fingerprint density at radius 2 is 1.97 bits per heavy atom. The largest absolute Gasteiger partial charge is 0.360 e. The van der Waals surface area contributed by atoms with Crippen LogP contribution in [0.15, 0.2) is 40.9 Å². The highest BCUT2D eigenvalue weighted by Gasteiger charge is 2.28. The summed E-state index contributed by atoms with van der Waals surface area (Å²) >= 11 is 0. The van der Waals surface area contributed by atoms with Crippen LogP contribution < -0.4 is 5.32 Å². The van der Waals surface area contributed by atoms with Crippen molar-refractivity contribution in [1.29, 1.82) is 0 Å². The van der Waals surface area contributed by atoms with E-state index in [1.165, 1.54) is 4.80 Å². The zero-order valence-corrected chi connectivity index (χ0v) is 16.0. The summed E-state index contributed by atoms with van der Waals surface area (Å²) in [7, 11) is 0. The molecule has 2 amide bonds. The number of aryl methyl sites for hydroxylation is 1. The molecule has 0 aliphatic carbocycles. The third kappa shape index (κ3) is 4.48. The van der Waals surface area contributed by atoms with Gasteiger partial charge in [-0.05, 0) is 25.0 Å².